The number of para-hydroxylation sites is 1. The minimum absolute atomic E-state index is 0.154. The Bertz CT molecular complexity index is 3410. The van der Waals surface area contributed by atoms with Crippen LogP contribution in [-0.2, 0) is 5.41 Å². The lowest BCUT2D eigenvalue weighted by atomic mass is 9.82. The van der Waals surface area contributed by atoms with Crippen LogP contribution in [0.3, 0.4) is 0 Å². The molecule has 12 rings (SSSR count). The summed E-state index contributed by atoms with van der Waals surface area (Å²) in [5.41, 5.74) is 14.0. The van der Waals surface area contributed by atoms with E-state index in [-0.39, 0.29) is 5.41 Å². The molecule has 0 spiro atoms. The third-order valence-electron chi connectivity index (χ3n) is 12.2. The van der Waals surface area contributed by atoms with Gasteiger partial charge in [0, 0.05) is 49.3 Å². The molecule has 0 atom stereocenters. The van der Waals surface area contributed by atoms with Crippen molar-refractivity contribution >= 4 is 82.5 Å². The smallest absolute Gasteiger partial charge is 0.143 e. The summed E-state index contributed by atoms with van der Waals surface area (Å²) < 4.78 is 13.4. The lowest BCUT2D eigenvalue weighted by Crippen LogP contribution is -2.16. The van der Waals surface area contributed by atoms with Gasteiger partial charge < -0.3 is 13.7 Å². The summed E-state index contributed by atoms with van der Waals surface area (Å²) in [7, 11) is 0. The van der Waals surface area contributed by atoms with Crippen molar-refractivity contribution in [1.29, 1.82) is 0 Å². The van der Waals surface area contributed by atoms with Crippen LogP contribution >= 0.6 is 0 Å². The highest BCUT2D eigenvalue weighted by Crippen LogP contribution is 2.52. The summed E-state index contributed by atoms with van der Waals surface area (Å²) in [6, 6.07) is 63.6. The Balaban J connectivity index is 1.22. The molecule has 0 N–H and O–H groups in total. The second kappa shape index (κ2) is 11.5. The summed E-state index contributed by atoms with van der Waals surface area (Å²) in [6.07, 6.45) is 0. The van der Waals surface area contributed by atoms with Gasteiger partial charge in [0.2, 0.25) is 0 Å². The van der Waals surface area contributed by atoms with Gasteiger partial charge in [-0.25, -0.2) is 0 Å². The van der Waals surface area contributed by atoms with E-state index in [2.05, 4.69) is 176 Å². The average molecular weight is 718 g/mol. The second-order valence-electron chi connectivity index (χ2n) is 15.6. The molecule has 2 heterocycles. The Kier molecular flexibility index (Phi) is 6.40. The molecule has 1 aliphatic carbocycles. The molecule has 0 amide bonds. The van der Waals surface area contributed by atoms with Crippen LogP contribution < -0.4 is 4.90 Å². The van der Waals surface area contributed by atoms with E-state index < -0.39 is 0 Å². The number of rotatable bonds is 4. The Hall–Kier alpha value is -7.10. The summed E-state index contributed by atoms with van der Waals surface area (Å²) in [5.74, 6) is 0. The minimum atomic E-state index is -0.154. The number of fused-ring (bicyclic) bond motifs is 12. The molecule has 0 bridgehead atoms. The highest BCUT2D eigenvalue weighted by molar-refractivity contribution is 6.27. The zero-order valence-corrected chi connectivity index (χ0v) is 31.0. The number of anilines is 3. The largest absolute Gasteiger partial charge is 0.456 e. The van der Waals surface area contributed by atoms with Crippen molar-refractivity contribution in [3.63, 3.8) is 0 Å². The first kappa shape index (κ1) is 31.3. The number of benzene rings is 9. The van der Waals surface area contributed by atoms with Crippen molar-refractivity contribution in [1.82, 2.24) is 0 Å². The van der Waals surface area contributed by atoms with E-state index in [0.717, 1.165) is 72.1 Å². The predicted molar refractivity (Wildman–Crippen MR) is 234 cm³/mol. The number of hydrogen-bond donors (Lipinski definition) is 0. The molecule has 9 aromatic carbocycles. The SMILES string of the molecule is CC1(C)c2ccccc2-c2ccc(N(c3cc(-c4cccc5ccccc45)c4oc5ccc6oc7ccccc7c6c5c4c3)c3cccc4ccccc34)cc21. The summed E-state index contributed by atoms with van der Waals surface area (Å²) in [4.78, 5) is 2.46. The molecule has 0 saturated heterocycles. The zero-order valence-electron chi connectivity index (χ0n) is 31.0. The average Bonchev–Trinajstić information content (AvgIpc) is 3.88. The minimum Gasteiger partial charge on any atom is -0.456 e. The number of nitrogens with zero attached hydrogens (tertiary/aromatic N) is 1. The maximum atomic E-state index is 6.99. The Labute approximate surface area is 323 Å². The molecule has 11 aromatic rings. The molecule has 3 heteroatoms. The maximum absolute atomic E-state index is 6.99. The molecule has 0 saturated carbocycles. The van der Waals surface area contributed by atoms with Gasteiger partial charge in [0.05, 0.1) is 5.69 Å². The molecular formula is C53H35NO2. The third-order valence-corrected chi connectivity index (χ3v) is 12.2. The van der Waals surface area contributed by atoms with Gasteiger partial charge in [-0.2, -0.15) is 0 Å². The van der Waals surface area contributed by atoms with Gasteiger partial charge >= 0.3 is 0 Å². The maximum Gasteiger partial charge on any atom is 0.143 e. The lowest BCUT2D eigenvalue weighted by Gasteiger charge is -2.29. The monoisotopic (exact) mass is 717 g/mol. The van der Waals surface area contributed by atoms with Crippen LogP contribution in [0.4, 0.5) is 17.1 Å². The van der Waals surface area contributed by atoms with Gasteiger partial charge in [-0.05, 0) is 92.5 Å². The van der Waals surface area contributed by atoms with Crippen molar-refractivity contribution in [2.75, 3.05) is 4.90 Å². The fourth-order valence-electron chi connectivity index (χ4n) is 9.62. The Morgan fingerprint density at radius 2 is 1.02 bits per heavy atom. The van der Waals surface area contributed by atoms with E-state index in [1.165, 1.54) is 43.8 Å². The van der Waals surface area contributed by atoms with E-state index in [0.29, 0.717) is 0 Å². The van der Waals surface area contributed by atoms with E-state index in [4.69, 9.17) is 8.83 Å². The van der Waals surface area contributed by atoms with E-state index >= 15 is 0 Å². The third kappa shape index (κ3) is 4.34. The van der Waals surface area contributed by atoms with Crippen molar-refractivity contribution in [2.45, 2.75) is 19.3 Å². The second-order valence-corrected chi connectivity index (χ2v) is 15.6. The quantitative estimate of drug-likeness (QED) is 0.182. The normalized spacial score (nSPS) is 13.3. The molecular weight excluding hydrogens is 683 g/mol. The molecule has 0 radical (unpaired) electrons. The van der Waals surface area contributed by atoms with E-state index in [1.807, 2.05) is 18.2 Å². The first-order valence-corrected chi connectivity index (χ1v) is 19.3. The van der Waals surface area contributed by atoms with Crippen LogP contribution in [0.25, 0.3) is 87.7 Å². The van der Waals surface area contributed by atoms with Gasteiger partial charge in [-0.3, -0.25) is 0 Å². The Morgan fingerprint density at radius 1 is 0.393 bits per heavy atom. The van der Waals surface area contributed by atoms with Crippen molar-refractivity contribution in [3.8, 4) is 22.3 Å². The fourth-order valence-corrected chi connectivity index (χ4v) is 9.62. The molecule has 2 aromatic heterocycles. The zero-order chi connectivity index (χ0) is 37.1. The highest BCUT2D eigenvalue weighted by atomic mass is 16.3. The Morgan fingerprint density at radius 3 is 1.88 bits per heavy atom. The molecule has 1 aliphatic rings. The van der Waals surface area contributed by atoms with Crippen LogP contribution in [0.1, 0.15) is 25.0 Å². The highest BCUT2D eigenvalue weighted by Gasteiger charge is 2.36. The first-order valence-electron chi connectivity index (χ1n) is 19.3. The van der Waals surface area contributed by atoms with Crippen LogP contribution in [0.5, 0.6) is 0 Å². The summed E-state index contributed by atoms with van der Waals surface area (Å²) in [5, 5.41) is 9.03. The topological polar surface area (TPSA) is 29.5 Å². The van der Waals surface area contributed by atoms with Crippen molar-refractivity contribution in [3.05, 3.63) is 187 Å². The van der Waals surface area contributed by atoms with Crippen molar-refractivity contribution in [2.24, 2.45) is 0 Å². The van der Waals surface area contributed by atoms with Crippen LogP contribution in [0.2, 0.25) is 0 Å². The predicted octanol–water partition coefficient (Wildman–Crippen LogP) is 15.2. The standard InChI is InChI=1S/C53H35NO2/c1-53(2)44-22-9-7-19-39(44)40-26-25-34(31-45(40)53)54(46-23-12-16-33-14-4-6-18-37(33)46)35-29-42(38-21-11-15-32-13-3-5-17-36(32)38)52-43(30-35)51-49(56-52)28-27-48-50(51)41-20-8-10-24-47(41)55-48/h3-31H,1-2H3. The molecule has 0 unspecified atom stereocenters. The molecule has 0 aliphatic heterocycles. The summed E-state index contributed by atoms with van der Waals surface area (Å²) >= 11 is 0. The van der Waals surface area contributed by atoms with Gasteiger partial charge in [0.1, 0.15) is 22.3 Å². The molecule has 0 fully saturated rings. The first-order chi connectivity index (χ1) is 27.5. The van der Waals surface area contributed by atoms with Gasteiger partial charge in [-0.1, -0.05) is 141 Å². The van der Waals surface area contributed by atoms with E-state index in [9.17, 15) is 0 Å². The van der Waals surface area contributed by atoms with Gasteiger partial charge in [0.15, 0.2) is 0 Å². The van der Waals surface area contributed by atoms with Crippen LogP contribution in [-0.4, -0.2) is 0 Å². The van der Waals surface area contributed by atoms with Gasteiger partial charge in [-0.15, -0.1) is 0 Å². The molecule has 56 heavy (non-hydrogen) atoms. The number of furan rings is 2. The van der Waals surface area contributed by atoms with Crippen LogP contribution in [0.15, 0.2) is 185 Å². The van der Waals surface area contributed by atoms with E-state index in [1.54, 1.807) is 0 Å². The molecule has 264 valence electrons. The fraction of sp³-hybridized carbons (Fsp3) is 0.0566. The van der Waals surface area contributed by atoms with Crippen molar-refractivity contribution < 1.29 is 8.83 Å². The molecule has 3 nitrogen and oxygen atoms in total. The van der Waals surface area contributed by atoms with Crippen LogP contribution in [0, 0.1) is 0 Å². The summed E-state index contributed by atoms with van der Waals surface area (Å²) in [6.45, 7) is 4.71. The number of hydrogen-bond acceptors (Lipinski definition) is 3. The van der Waals surface area contributed by atoms with Gasteiger partial charge in [0.25, 0.3) is 0 Å². The lowest BCUT2D eigenvalue weighted by molar-refractivity contribution is 0.660.